The summed E-state index contributed by atoms with van der Waals surface area (Å²) in [6.45, 7) is 2.09. The van der Waals surface area contributed by atoms with Crippen molar-refractivity contribution in [3.8, 4) is 6.07 Å². The second-order valence-electron chi connectivity index (χ2n) is 2.60. The maximum Gasteiger partial charge on any atom is 0.310 e. The van der Waals surface area contributed by atoms with E-state index in [1.54, 1.807) is 19.1 Å². The van der Waals surface area contributed by atoms with Gasteiger partial charge in [-0.3, -0.25) is 4.79 Å². The van der Waals surface area contributed by atoms with Gasteiger partial charge in [0.05, 0.1) is 13.0 Å². The zero-order valence-corrected chi connectivity index (χ0v) is 7.86. The number of carbonyl (C=O) groups excluding carboxylic acids is 1. The van der Waals surface area contributed by atoms with E-state index in [-0.39, 0.29) is 18.1 Å². The molecule has 1 heterocycles. The Kier molecular flexibility index (Phi) is 3.62. The molecular weight excluding hydrogens is 180 g/mol. The lowest BCUT2D eigenvalue weighted by Gasteiger charge is -2.02. The molecule has 0 spiro atoms. The quantitative estimate of drug-likeness (QED) is 0.668. The van der Waals surface area contributed by atoms with E-state index in [2.05, 4.69) is 4.98 Å². The number of hydrogen-bond donors (Lipinski definition) is 0. The predicted molar refractivity (Wildman–Crippen MR) is 49.3 cm³/mol. The molecule has 0 aliphatic rings. The maximum atomic E-state index is 11.1. The fraction of sp³-hybridized carbons (Fsp3) is 0.300. The van der Waals surface area contributed by atoms with E-state index in [1.165, 1.54) is 6.20 Å². The van der Waals surface area contributed by atoms with Crippen LogP contribution in [0.4, 0.5) is 0 Å². The number of pyridine rings is 1. The van der Waals surface area contributed by atoms with Gasteiger partial charge in [-0.25, -0.2) is 4.98 Å². The van der Waals surface area contributed by atoms with Crippen molar-refractivity contribution in [2.24, 2.45) is 0 Å². The molecule has 1 aromatic rings. The van der Waals surface area contributed by atoms with Gasteiger partial charge in [0, 0.05) is 6.20 Å². The summed E-state index contributed by atoms with van der Waals surface area (Å²) in [5.41, 5.74) is 0.883. The summed E-state index contributed by atoms with van der Waals surface area (Å²) in [6, 6.07) is 5.31. The first-order valence-corrected chi connectivity index (χ1v) is 4.27. The third-order valence-corrected chi connectivity index (χ3v) is 1.64. The summed E-state index contributed by atoms with van der Waals surface area (Å²) in [7, 11) is 0. The van der Waals surface area contributed by atoms with Crippen LogP contribution in [0.2, 0.25) is 0 Å². The largest absolute Gasteiger partial charge is 0.466 e. The normalized spacial score (nSPS) is 9.14. The van der Waals surface area contributed by atoms with Gasteiger partial charge < -0.3 is 4.74 Å². The van der Waals surface area contributed by atoms with Gasteiger partial charge in [-0.1, -0.05) is 6.07 Å². The fourth-order valence-corrected chi connectivity index (χ4v) is 1.05. The van der Waals surface area contributed by atoms with Crippen molar-refractivity contribution >= 4 is 5.97 Å². The number of nitriles is 1. The average Bonchev–Trinajstić information content (AvgIpc) is 2.19. The Morgan fingerprint density at radius 3 is 3.14 bits per heavy atom. The Hall–Kier alpha value is -1.89. The number of esters is 1. The highest BCUT2D eigenvalue weighted by Gasteiger charge is 2.08. The number of aromatic nitrogens is 1. The number of nitrogens with zero attached hydrogens (tertiary/aromatic N) is 2. The van der Waals surface area contributed by atoms with Gasteiger partial charge in [-0.15, -0.1) is 0 Å². The molecule has 0 radical (unpaired) electrons. The van der Waals surface area contributed by atoms with E-state index in [9.17, 15) is 4.79 Å². The SMILES string of the molecule is CCOC(=O)Cc1cccnc1C#N. The van der Waals surface area contributed by atoms with Crippen molar-refractivity contribution in [1.82, 2.24) is 4.98 Å². The maximum absolute atomic E-state index is 11.1. The third kappa shape index (κ3) is 2.56. The van der Waals surface area contributed by atoms with E-state index >= 15 is 0 Å². The summed E-state index contributed by atoms with van der Waals surface area (Å²) in [6.07, 6.45) is 1.62. The first-order chi connectivity index (χ1) is 6.77. The van der Waals surface area contributed by atoms with Crippen LogP contribution in [0, 0.1) is 11.3 Å². The van der Waals surface area contributed by atoms with Crippen molar-refractivity contribution in [2.75, 3.05) is 6.61 Å². The van der Waals surface area contributed by atoms with Crippen LogP contribution in [-0.2, 0) is 16.0 Å². The number of ether oxygens (including phenoxy) is 1. The van der Waals surface area contributed by atoms with Gasteiger partial charge >= 0.3 is 5.97 Å². The monoisotopic (exact) mass is 190 g/mol. The fourth-order valence-electron chi connectivity index (χ4n) is 1.05. The molecule has 0 saturated heterocycles. The van der Waals surface area contributed by atoms with Gasteiger partial charge in [0.25, 0.3) is 0 Å². The van der Waals surface area contributed by atoms with Crippen LogP contribution in [0.3, 0.4) is 0 Å². The second-order valence-corrected chi connectivity index (χ2v) is 2.60. The van der Waals surface area contributed by atoms with Crippen molar-refractivity contribution < 1.29 is 9.53 Å². The van der Waals surface area contributed by atoms with Crippen LogP contribution in [0.25, 0.3) is 0 Å². The lowest BCUT2D eigenvalue weighted by Crippen LogP contribution is -2.09. The molecule has 4 nitrogen and oxygen atoms in total. The van der Waals surface area contributed by atoms with Gasteiger partial charge in [-0.2, -0.15) is 5.26 Å². The molecule has 0 aliphatic carbocycles. The molecule has 0 bridgehead atoms. The van der Waals surface area contributed by atoms with Gasteiger partial charge in [0.2, 0.25) is 0 Å². The van der Waals surface area contributed by atoms with Crippen LogP contribution >= 0.6 is 0 Å². The summed E-state index contributed by atoms with van der Waals surface area (Å²) in [5, 5.41) is 8.70. The number of rotatable bonds is 3. The molecule has 4 heteroatoms. The van der Waals surface area contributed by atoms with Crippen LogP contribution < -0.4 is 0 Å². The van der Waals surface area contributed by atoms with Crippen molar-refractivity contribution in [1.29, 1.82) is 5.26 Å². The van der Waals surface area contributed by atoms with Crippen LogP contribution in [0.5, 0.6) is 0 Å². The Morgan fingerprint density at radius 1 is 1.71 bits per heavy atom. The van der Waals surface area contributed by atoms with Crippen molar-refractivity contribution in [3.63, 3.8) is 0 Å². The highest BCUT2D eigenvalue weighted by molar-refractivity contribution is 5.73. The zero-order valence-electron chi connectivity index (χ0n) is 7.86. The molecule has 0 aromatic carbocycles. The minimum atomic E-state index is -0.336. The third-order valence-electron chi connectivity index (χ3n) is 1.64. The molecule has 1 rings (SSSR count). The summed E-state index contributed by atoms with van der Waals surface area (Å²) in [5.74, 6) is -0.336. The minimum Gasteiger partial charge on any atom is -0.466 e. The van der Waals surface area contributed by atoms with Crippen LogP contribution in [-0.4, -0.2) is 17.6 Å². The summed E-state index contributed by atoms with van der Waals surface area (Å²) in [4.78, 5) is 15.0. The number of carbonyl (C=O) groups is 1. The standard InChI is InChI=1S/C10H10N2O2/c1-2-14-10(13)6-8-4-3-5-12-9(8)7-11/h3-5H,2,6H2,1H3. The van der Waals surface area contributed by atoms with E-state index < -0.39 is 0 Å². The van der Waals surface area contributed by atoms with E-state index in [1.807, 2.05) is 6.07 Å². The van der Waals surface area contributed by atoms with E-state index in [0.29, 0.717) is 12.2 Å². The summed E-state index contributed by atoms with van der Waals surface area (Å²) >= 11 is 0. The highest BCUT2D eigenvalue weighted by Crippen LogP contribution is 2.05. The molecular formula is C10H10N2O2. The topological polar surface area (TPSA) is 63.0 Å². The van der Waals surface area contributed by atoms with Crippen LogP contribution in [0.15, 0.2) is 18.3 Å². The Balaban J connectivity index is 2.77. The molecule has 0 saturated carbocycles. The predicted octanol–water partition coefficient (Wildman–Crippen LogP) is 1.06. The average molecular weight is 190 g/mol. The molecule has 0 N–H and O–H groups in total. The summed E-state index contributed by atoms with van der Waals surface area (Å²) < 4.78 is 4.77. The lowest BCUT2D eigenvalue weighted by atomic mass is 10.1. The molecule has 0 aliphatic heterocycles. The van der Waals surface area contributed by atoms with Crippen molar-refractivity contribution in [2.45, 2.75) is 13.3 Å². The van der Waals surface area contributed by atoms with Gasteiger partial charge in [0.15, 0.2) is 0 Å². The van der Waals surface area contributed by atoms with Crippen molar-refractivity contribution in [3.05, 3.63) is 29.6 Å². The molecule has 72 valence electrons. The van der Waals surface area contributed by atoms with Crippen LogP contribution in [0.1, 0.15) is 18.2 Å². The first-order valence-electron chi connectivity index (χ1n) is 4.27. The first kappa shape index (κ1) is 10.2. The van der Waals surface area contributed by atoms with Gasteiger partial charge in [0.1, 0.15) is 11.8 Å². The number of hydrogen-bond acceptors (Lipinski definition) is 4. The molecule has 0 atom stereocenters. The molecule has 0 unspecified atom stereocenters. The van der Waals surface area contributed by atoms with Gasteiger partial charge in [-0.05, 0) is 18.6 Å². The molecule has 14 heavy (non-hydrogen) atoms. The molecule has 1 aromatic heterocycles. The Morgan fingerprint density at radius 2 is 2.50 bits per heavy atom. The Labute approximate surface area is 82.1 Å². The molecule has 0 amide bonds. The second kappa shape index (κ2) is 4.97. The lowest BCUT2D eigenvalue weighted by molar-refractivity contribution is -0.142. The Bertz CT molecular complexity index is 369. The van der Waals surface area contributed by atoms with E-state index in [0.717, 1.165) is 0 Å². The highest BCUT2D eigenvalue weighted by atomic mass is 16.5. The molecule has 0 fully saturated rings. The van der Waals surface area contributed by atoms with E-state index in [4.69, 9.17) is 10.00 Å². The zero-order chi connectivity index (χ0) is 10.4. The minimum absolute atomic E-state index is 0.102. The smallest absolute Gasteiger partial charge is 0.310 e.